The zero-order chi connectivity index (χ0) is 13.4. The molecule has 19 heavy (non-hydrogen) atoms. The van der Waals surface area contributed by atoms with Crippen LogP contribution in [0.25, 0.3) is 11.0 Å². The molecule has 2 aromatic rings. The van der Waals surface area contributed by atoms with Crippen LogP contribution in [-0.2, 0) is 0 Å². The van der Waals surface area contributed by atoms with Crippen LogP contribution in [0.3, 0.4) is 0 Å². The molecule has 1 aliphatic carbocycles. The number of benzene rings is 1. The molecule has 3 rings (SSSR count). The van der Waals surface area contributed by atoms with Gasteiger partial charge in [-0.05, 0) is 43.4 Å². The Morgan fingerprint density at radius 3 is 2.84 bits per heavy atom. The third kappa shape index (κ3) is 2.72. The first kappa shape index (κ1) is 12.4. The summed E-state index contributed by atoms with van der Waals surface area (Å²) in [6.45, 7) is 2.68. The lowest BCUT2D eigenvalue weighted by Gasteiger charge is -2.17. The molecule has 5 nitrogen and oxygen atoms in total. The van der Waals surface area contributed by atoms with Crippen molar-refractivity contribution in [3.63, 3.8) is 0 Å². The van der Waals surface area contributed by atoms with Crippen molar-refractivity contribution < 1.29 is 5.11 Å². The highest BCUT2D eigenvalue weighted by atomic mass is 16.3. The van der Waals surface area contributed by atoms with E-state index in [9.17, 15) is 9.90 Å². The number of H-pyrrole nitrogens is 2. The summed E-state index contributed by atoms with van der Waals surface area (Å²) < 4.78 is 0. The predicted molar refractivity (Wildman–Crippen MR) is 74.1 cm³/mol. The van der Waals surface area contributed by atoms with Crippen LogP contribution < -0.4 is 11.0 Å². The molecule has 1 heterocycles. The van der Waals surface area contributed by atoms with E-state index in [2.05, 4.69) is 22.2 Å². The normalized spacial score (nSPS) is 18.6. The molecule has 5 heteroatoms. The van der Waals surface area contributed by atoms with Crippen LogP contribution in [0.2, 0.25) is 0 Å². The summed E-state index contributed by atoms with van der Waals surface area (Å²) in [6.07, 6.45) is 2.06. The van der Waals surface area contributed by atoms with Gasteiger partial charge in [0.15, 0.2) is 0 Å². The quantitative estimate of drug-likeness (QED) is 0.654. The number of aliphatic hydroxyl groups excluding tert-OH is 1. The van der Waals surface area contributed by atoms with Gasteiger partial charge in [0.1, 0.15) is 0 Å². The summed E-state index contributed by atoms with van der Waals surface area (Å²) in [5, 5.41) is 13.2. The standard InChI is InChI=1S/C14H19N3O2/c1-8(15-7-13(18)9-2-3-9)10-4-5-11-12(6-10)17-14(19)16-11/h4-6,8-9,13,15,18H,2-3,7H2,1H3,(H2,16,17,19). The maximum Gasteiger partial charge on any atom is 0.323 e. The predicted octanol–water partition coefficient (Wildman–Crippen LogP) is 1.28. The molecule has 0 amide bonds. The molecule has 0 bridgehead atoms. The fraction of sp³-hybridized carbons (Fsp3) is 0.500. The number of aromatic nitrogens is 2. The van der Waals surface area contributed by atoms with Gasteiger partial charge in [-0.25, -0.2) is 4.79 Å². The number of fused-ring (bicyclic) bond motifs is 1. The number of nitrogens with one attached hydrogen (secondary N) is 3. The first-order chi connectivity index (χ1) is 9.13. The molecule has 0 saturated heterocycles. The van der Waals surface area contributed by atoms with Crippen LogP contribution in [0, 0.1) is 5.92 Å². The van der Waals surface area contributed by atoms with Crippen LogP contribution in [0.4, 0.5) is 0 Å². The Hall–Kier alpha value is -1.59. The molecule has 1 fully saturated rings. The molecular weight excluding hydrogens is 242 g/mol. The van der Waals surface area contributed by atoms with Gasteiger partial charge in [-0.1, -0.05) is 6.07 Å². The highest BCUT2D eigenvalue weighted by molar-refractivity contribution is 5.75. The van der Waals surface area contributed by atoms with E-state index < -0.39 is 0 Å². The van der Waals surface area contributed by atoms with E-state index >= 15 is 0 Å². The van der Waals surface area contributed by atoms with Crippen LogP contribution in [0.5, 0.6) is 0 Å². The molecule has 0 spiro atoms. The fourth-order valence-corrected chi connectivity index (χ4v) is 2.38. The minimum absolute atomic E-state index is 0.149. The maximum atomic E-state index is 11.2. The van der Waals surface area contributed by atoms with Crippen LogP contribution in [0.15, 0.2) is 23.0 Å². The van der Waals surface area contributed by atoms with Crippen molar-refractivity contribution in [1.29, 1.82) is 0 Å². The van der Waals surface area contributed by atoms with Crippen molar-refractivity contribution in [3.8, 4) is 0 Å². The molecule has 2 atom stereocenters. The zero-order valence-electron chi connectivity index (χ0n) is 10.9. The van der Waals surface area contributed by atoms with E-state index in [1.807, 2.05) is 18.2 Å². The Kier molecular flexibility index (Phi) is 3.16. The number of rotatable bonds is 5. The number of imidazole rings is 1. The van der Waals surface area contributed by atoms with E-state index in [-0.39, 0.29) is 17.8 Å². The monoisotopic (exact) mass is 261 g/mol. The summed E-state index contributed by atoms with van der Waals surface area (Å²) in [5.41, 5.74) is 2.56. The summed E-state index contributed by atoms with van der Waals surface area (Å²) in [5.74, 6) is 0.489. The second-order valence-corrected chi connectivity index (χ2v) is 5.42. The van der Waals surface area contributed by atoms with E-state index in [1.54, 1.807) is 0 Å². The largest absolute Gasteiger partial charge is 0.392 e. The molecule has 0 radical (unpaired) electrons. The summed E-state index contributed by atoms with van der Waals surface area (Å²) in [4.78, 5) is 16.7. The Labute approximate surface area is 111 Å². The van der Waals surface area contributed by atoms with Gasteiger partial charge in [0.2, 0.25) is 0 Å². The van der Waals surface area contributed by atoms with Crippen molar-refractivity contribution >= 4 is 11.0 Å². The van der Waals surface area contributed by atoms with Crippen molar-refractivity contribution in [2.45, 2.75) is 31.9 Å². The molecule has 1 aromatic heterocycles. The number of aliphatic hydroxyl groups is 1. The van der Waals surface area contributed by atoms with Crippen LogP contribution in [0.1, 0.15) is 31.4 Å². The lowest BCUT2D eigenvalue weighted by atomic mass is 10.1. The number of aromatic amines is 2. The molecule has 1 aromatic carbocycles. The molecule has 102 valence electrons. The van der Waals surface area contributed by atoms with E-state index in [4.69, 9.17) is 0 Å². The Morgan fingerprint density at radius 2 is 2.11 bits per heavy atom. The summed E-state index contributed by atoms with van der Waals surface area (Å²) in [6, 6.07) is 6.01. The summed E-state index contributed by atoms with van der Waals surface area (Å²) >= 11 is 0. The maximum absolute atomic E-state index is 11.2. The topological polar surface area (TPSA) is 80.9 Å². The van der Waals surface area contributed by atoms with Gasteiger partial charge in [0.25, 0.3) is 0 Å². The van der Waals surface area contributed by atoms with Crippen molar-refractivity contribution in [1.82, 2.24) is 15.3 Å². The third-order valence-electron chi connectivity index (χ3n) is 3.84. The molecule has 1 aliphatic rings. The lowest BCUT2D eigenvalue weighted by Crippen LogP contribution is -2.30. The molecule has 4 N–H and O–H groups in total. The van der Waals surface area contributed by atoms with Gasteiger partial charge >= 0.3 is 5.69 Å². The highest BCUT2D eigenvalue weighted by Gasteiger charge is 2.29. The van der Waals surface area contributed by atoms with Crippen molar-refractivity contribution in [2.24, 2.45) is 5.92 Å². The SMILES string of the molecule is CC(NCC(O)C1CC1)c1ccc2[nH]c(=O)[nH]c2c1. The molecule has 1 saturated carbocycles. The third-order valence-corrected chi connectivity index (χ3v) is 3.84. The number of hydrogen-bond donors (Lipinski definition) is 4. The smallest absolute Gasteiger partial charge is 0.323 e. The van der Waals surface area contributed by atoms with Crippen molar-refractivity contribution in [3.05, 3.63) is 34.2 Å². The number of hydrogen-bond acceptors (Lipinski definition) is 3. The second-order valence-electron chi connectivity index (χ2n) is 5.42. The van der Waals surface area contributed by atoms with Gasteiger partial charge in [0, 0.05) is 12.6 Å². The minimum atomic E-state index is -0.238. The fourth-order valence-electron chi connectivity index (χ4n) is 2.38. The van der Waals surface area contributed by atoms with E-state index in [1.165, 1.54) is 0 Å². The Morgan fingerprint density at radius 1 is 1.37 bits per heavy atom. The highest BCUT2D eigenvalue weighted by Crippen LogP contribution is 2.32. The first-order valence-corrected chi connectivity index (χ1v) is 6.77. The van der Waals surface area contributed by atoms with Crippen LogP contribution in [-0.4, -0.2) is 27.7 Å². The average molecular weight is 261 g/mol. The van der Waals surface area contributed by atoms with Crippen LogP contribution >= 0.6 is 0 Å². The van der Waals surface area contributed by atoms with E-state index in [0.717, 1.165) is 29.4 Å². The Balaban J connectivity index is 1.69. The van der Waals surface area contributed by atoms with Gasteiger partial charge < -0.3 is 20.4 Å². The lowest BCUT2D eigenvalue weighted by molar-refractivity contribution is 0.145. The summed E-state index contributed by atoms with van der Waals surface area (Å²) in [7, 11) is 0. The molecule has 2 unspecified atom stereocenters. The minimum Gasteiger partial charge on any atom is -0.392 e. The van der Waals surface area contributed by atoms with Gasteiger partial charge in [-0.3, -0.25) is 0 Å². The zero-order valence-corrected chi connectivity index (χ0v) is 10.9. The first-order valence-electron chi connectivity index (χ1n) is 6.77. The second kappa shape index (κ2) is 4.83. The molecular formula is C14H19N3O2. The average Bonchev–Trinajstić information content (AvgIpc) is 3.16. The van der Waals surface area contributed by atoms with Gasteiger partial charge in [-0.2, -0.15) is 0 Å². The van der Waals surface area contributed by atoms with Gasteiger partial charge in [-0.15, -0.1) is 0 Å². The van der Waals surface area contributed by atoms with E-state index in [0.29, 0.717) is 12.5 Å². The van der Waals surface area contributed by atoms with Gasteiger partial charge in [0.05, 0.1) is 17.1 Å². The molecule has 0 aliphatic heterocycles. The Bertz CT molecular complexity index is 627. The van der Waals surface area contributed by atoms with Crippen molar-refractivity contribution in [2.75, 3.05) is 6.54 Å².